The summed E-state index contributed by atoms with van der Waals surface area (Å²) in [7, 11) is 1.99. The number of hydrogen-bond acceptors (Lipinski definition) is 3. The zero-order valence-corrected chi connectivity index (χ0v) is 13.9. The van der Waals surface area contributed by atoms with Gasteiger partial charge >= 0.3 is 0 Å². The average Bonchev–Trinajstić information content (AvgIpc) is 2.87. The minimum Gasteiger partial charge on any atom is -0.354 e. The molecule has 1 aromatic rings. The lowest BCUT2D eigenvalue weighted by Gasteiger charge is -2.40. The summed E-state index contributed by atoms with van der Waals surface area (Å²) in [6.45, 7) is 5.83. The fraction of sp³-hybridized carbons (Fsp3) is 0.688. The third-order valence-corrected chi connectivity index (χ3v) is 5.97. The molecule has 2 aliphatic rings. The molecule has 0 radical (unpaired) electrons. The minimum absolute atomic E-state index is 0.201. The van der Waals surface area contributed by atoms with E-state index in [1.165, 1.54) is 24.3 Å². The van der Waals surface area contributed by atoms with Crippen molar-refractivity contribution in [2.75, 3.05) is 37.7 Å². The third kappa shape index (κ3) is 3.14. The standard InChI is InChI=1S/C16H25N3OS/c1-13-15(3-6-17(13)2)16(20)19-9-7-18(8-10-19)14-4-11-21-12-5-14/h3,6,14H,4-5,7-12H2,1-2H3. The second kappa shape index (κ2) is 6.44. The van der Waals surface area contributed by atoms with Crippen LogP contribution in [0.2, 0.25) is 0 Å². The molecule has 2 fully saturated rings. The third-order valence-electron chi connectivity index (χ3n) is 4.92. The van der Waals surface area contributed by atoms with E-state index in [2.05, 4.69) is 16.7 Å². The SMILES string of the molecule is Cc1c(C(=O)N2CCN(C3CCSCC3)CC2)ccn1C. The van der Waals surface area contributed by atoms with Gasteiger partial charge in [-0.05, 0) is 37.3 Å². The van der Waals surface area contributed by atoms with E-state index < -0.39 is 0 Å². The fourth-order valence-electron chi connectivity index (χ4n) is 3.35. The molecule has 3 heterocycles. The quantitative estimate of drug-likeness (QED) is 0.836. The van der Waals surface area contributed by atoms with Crippen molar-refractivity contribution in [2.45, 2.75) is 25.8 Å². The number of carbonyl (C=O) groups is 1. The first kappa shape index (κ1) is 15.0. The van der Waals surface area contributed by atoms with Gasteiger partial charge in [-0.3, -0.25) is 9.69 Å². The molecule has 0 unspecified atom stereocenters. The van der Waals surface area contributed by atoms with Crippen LogP contribution in [0.1, 0.15) is 28.9 Å². The number of amides is 1. The Hall–Kier alpha value is -0.940. The molecule has 0 saturated carbocycles. The zero-order chi connectivity index (χ0) is 14.8. The van der Waals surface area contributed by atoms with Crippen molar-refractivity contribution >= 4 is 17.7 Å². The van der Waals surface area contributed by atoms with Gasteiger partial charge in [0.05, 0.1) is 5.56 Å². The van der Waals surface area contributed by atoms with Crippen LogP contribution >= 0.6 is 11.8 Å². The highest BCUT2D eigenvalue weighted by Gasteiger charge is 2.28. The smallest absolute Gasteiger partial charge is 0.255 e. The van der Waals surface area contributed by atoms with E-state index in [-0.39, 0.29) is 5.91 Å². The molecule has 1 aromatic heterocycles. The Morgan fingerprint density at radius 2 is 1.86 bits per heavy atom. The van der Waals surface area contributed by atoms with E-state index in [0.29, 0.717) is 0 Å². The Balaban J connectivity index is 1.58. The number of aromatic nitrogens is 1. The highest BCUT2D eigenvalue weighted by Crippen LogP contribution is 2.23. The van der Waals surface area contributed by atoms with E-state index in [1.807, 2.05) is 35.7 Å². The van der Waals surface area contributed by atoms with Gasteiger partial charge in [0, 0.05) is 51.2 Å². The number of carbonyl (C=O) groups excluding carboxylic acids is 1. The van der Waals surface area contributed by atoms with Crippen LogP contribution in [-0.2, 0) is 7.05 Å². The maximum atomic E-state index is 12.6. The summed E-state index contributed by atoms with van der Waals surface area (Å²) in [5.41, 5.74) is 1.92. The van der Waals surface area contributed by atoms with Crippen molar-refractivity contribution in [2.24, 2.45) is 7.05 Å². The number of nitrogens with zero attached hydrogens (tertiary/aromatic N) is 3. The Morgan fingerprint density at radius 3 is 2.43 bits per heavy atom. The molecule has 0 spiro atoms. The summed E-state index contributed by atoms with van der Waals surface area (Å²) in [6, 6.07) is 2.70. The van der Waals surface area contributed by atoms with Crippen molar-refractivity contribution in [1.29, 1.82) is 0 Å². The first-order valence-corrected chi connectivity index (χ1v) is 9.05. The van der Waals surface area contributed by atoms with Crippen LogP contribution in [-0.4, -0.2) is 64.0 Å². The fourth-order valence-corrected chi connectivity index (χ4v) is 4.43. The molecular formula is C16H25N3OS. The molecule has 0 atom stereocenters. The molecule has 2 saturated heterocycles. The average molecular weight is 307 g/mol. The second-order valence-corrected chi connectivity index (χ2v) is 7.32. The van der Waals surface area contributed by atoms with Gasteiger partial charge in [0.2, 0.25) is 0 Å². The molecule has 0 aromatic carbocycles. The van der Waals surface area contributed by atoms with Crippen LogP contribution in [0.4, 0.5) is 0 Å². The van der Waals surface area contributed by atoms with Gasteiger partial charge < -0.3 is 9.47 Å². The van der Waals surface area contributed by atoms with Gasteiger partial charge in [0.1, 0.15) is 0 Å². The van der Waals surface area contributed by atoms with E-state index in [0.717, 1.165) is 43.5 Å². The highest BCUT2D eigenvalue weighted by atomic mass is 32.2. The Bertz CT molecular complexity index is 500. The Labute approximate surface area is 131 Å². The van der Waals surface area contributed by atoms with Gasteiger partial charge in [-0.25, -0.2) is 0 Å². The molecule has 0 aliphatic carbocycles. The molecule has 2 aliphatic heterocycles. The predicted molar refractivity (Wildman–Crippen MR) is 88.0 cm³/mol. The molecule has 5 heteroatoms. The van der Waals surface area contributed by atoms with Gasteiger partial charge in [0.25, 0.3) is 5.91 Å². The van der Waals surface area contributed by atoms with Gasteiger partial charge in [-0.1, -0.05) is 0 Å². The maximum absolute atomic E-state index is 12.6. The van der Waals surface area contributed by atoms with E-state index in [1.54, 1.807) is 0 Å². The Kier molecular flexibility index (Phi) is 4.60. The first-order valence-electron chi connectivity index (χ1n) is 7.90. The normalized spacial score (nSPS) is 21.7. The van der Waals surface area contributed by atoms with Crippen LogP contribution in [0.15, 0.2) is 12.3 Å². The van der Waals surface area contributed by atoms with Crippen LogP contribution < -0.4 is 0 Å². The topological polar surface area (TPSA) is 28.5 Å². The van der Waals surface area contributed by atoms with Crippen molar-refractivity contribution in [3.63, 3.8) is 0 Å². The molecule has 116 valence electrons. The van der Waals surface area contributed by atoms with Crippen LogP contribution in [0.5, 0.6) is 0 Å². The monoisotopic (exact) mass is 307 g/mol. The van der Waals surface area contributed by atoms with E-state index in [9.17, 15) is 4.79 Å². The van der Waals surface area contributed by atoms with Crippen LogP contribution in [0.3, 0.4) is 0 Å². The van der Waals surface area contributed by atoms with E-state index >= 15 is 0 Å². The largest absolute Gasteiger partial charge is 0.354 e. The number of aryl methyl sites for hydroxylation is 1. The number of hydrogen-bond donors (Lipinski definition) is 0. The minimum atomic E-state index is 0.201. The lowest BCUT2D eigenvalue weighted by Crippen LogP contribution is -2.52. The van der Waals surface area contributed by atoms with Crippen molar-refractivity contribution in [3.05, 3.63) is 23.5 Å². The summed E-state index contributed by atoms with van der Waals surface area (Å²) >= 11 is 2.08. The second-order valence-electron chi connectivity index (χ2n) is 6.10. The lowest BCUT2D eigenvalue weighted by molar-refractivity contribution is 0.0558. The zero-order valence-electron chi connectivity index (χ0n) is 13.0. The summed E-state index contributed by atoms with van der Waals surface area (Å²) in [6.07, 6.45) is 4.60. The van der Waals surface area contributed by atoms with Crippen molar-refractivity contribution in [1.82, 2.24) is 14.4 Å². The van der Waals surface area contributed by atoms with Crippen molar-refractivity contribution < 1.29 is 4.79 Å². The summed E-state index contributed by atoms with van der Waals surface area (Å²) in [5.74, 6) is 2.80. The molecule has 21 heavy (non-hydrogen) atoms. The summed E-state index contributed by atoms with van der Waals surface area (Å²) < 4.78 is 2.02. The predicted octanol–water partition coefficient (Wildman–Crippen LogP) is 1.99. The summed E-state index contributed by atoms with van der Waals surface area (Å²) in [4.78, 5) is 17.2. The number of rotatable bonds is 2. The van der Waals surface area contributed by atoms with E-state index in [4.69, 9.17) is 0 Å². The molecule has 4 nitrogen and oxygen atoms in total. The summed E-state index contributed by atoms with van der Waals surface area (Å²) in [5, 5.41) is 0. The van der Waals surface area contributed by atoms with Gasteiger partial charge in [-0.2, -0.15) is 11.8 Å². The molecule has 3 rings (SSSR count). The first-order chi connectivity index (χ1) is 10.2. The number of thioether (sulfide) groups is 1. The van der Waals surface area contributed by atoms with Crippen LogP contribution in [0.25, 0.3) is 0 Å². The lowest BCUT2D eigenvalue weighted by atomic mass is 10.1. The molecular weight excluding hydrogens is 282 g/mol. The molecule has 0 bridgehead atoms. The van der Waals surface area contributed by atoms with Gasteiger partial charge in [-0.15, -0.1) is 0 Å². The highest BCUT2D eigenvalue weighted by molar-refractivity contribution is 7.99. The maximum Gasteiger partial charge on any atom is 0.255 e. The van der Waals surface area contributed by atoms with Crippen molar-refractivity contribution in [3.8, 4) is 0 Å². The molecule has 1 amide bonds. The van der Waals surface area contributed by atoms with Crippen LogP contribution in [0, 0.1) is 6.92 Å². The Morgan fingerprint density at radius 1 is 1.19 bits per heavy atom. The number of piperazine rings is 1. The molecule has 0 N–H and O–H groups in total. The van der Waals surface area contributed by atoms with Gasteiger partial charge in [0.15, 0.2) is 0 Å².